The maximum absolute atomic E-state index is 13.7. The van der Waals surface area contributed by atoms with Crippen molar-refractivity contribution in [1.82, 2.24) is 9.88 Å². The fourth-order valence-electron chi connectivity index (χ4n) is 5.54. The Kier molecular flexibility index (Phi) is 8.97. The Hall–Kier alpha value is -3.78. The summed E-state index contributed by atoms with van der Waals surface area (Å²) in [5, 5.41) is 12.9. The number of hydrogen-bond donors (Lipinski definition) is 3. The molecule has 4 N–H and O–H groups in total. The molecule has 1 aliphatic carbocycles. The van der Waals surface area contributed by atoms with E-state index in [1.165, 1.54) is 60.6 Å². The van der Waals surface area contributed by atoms with E-state index in [1.54, 1.807) is 31.2 Å². The number of benzene rings is 2. The number of carbonyl (C=O) groups excluding carboxylic acids is 1. The van der Waals surface area contributed by atoms with Crippen LogP contribution in [0.2, 0.25) is 0 Å². The zero-order valence-corrected chi connectivity index (χ0v) is 22.5. The van der Waals surface area contributed by atoms with Crippen LogP contribution in [-0.4, -0.2) is 27.5 Å². The molecule has 0 saturated heterocycles. The van der Waals surface area contributed by atoms with Gasteiger partial charge in [0.2, 0.25) is 0 Å². The van der Waals surface area contributed by atoms with Crippen LogP contribution in [0.4, 0.5) is 10.2 Å². The molecule has 0 aliphatic heterocycles. The molecule has 0 radical (unpaired) electrons. The van der Waals surface area contributed by atoms with E-state index in [9.17, 15) is 23.9 Å². The number of nitrogen functional groups attached to an aromatic ring is 1. The molecule has 8 heteroatoms. The minimum Gasteiger partial charge on any atom is -0.480 e. The number of aromatic nitrogens is 1. The summed E-state index contributed by atoms with van der Waals surface area (Å²) in [6.07, 6.45) is 6.69. The number of aryl methyl sites for hydroxylation is 1. The van der Waals surface area contributed by atoms with Crippen molar-refractivity contribution >= 4 is 17.6 Å². The number of nitrogens with two attached hydrogens (primary N) is 1. The van der Waals surface area contributed by atoms with Crippen molar-refractivity contribution in [3.63, 3.8) is 0 Å². The molecule has 0 amide bonds. The molecule has 0 spiro atoms. The second kappa shape index (κ2) is 12.4. The number of anilines is 1. The highest BCUT2D eigenvalue weighted by Crippen LogP contribution is 2.31. The van der Waals surface area contributed by atoms with Gasteiger partial charge >= 0.3 is 5.97 Å². The first-order valence-electron chi connectivity index (χ1n) is 13.5. The van der Waals surface area contributed by atoms with Gasteiger partial charge in [0, 0.05) is 18.2 Å². The van der Waals surface area contributed by atoms with E-state index < -0.39 is 29.2 Å². The number of nitrogens with one attached hydrogen (secondary N) is 1. The van der Waals surface area contributed by atoms with E-state index in [4.69, 9.17) is 5.73 Å². The highest BCUT2D eigenvalue weighted by atomic mass is 19.1. The summed E-state index contributed by atoms with van der Waals surface area (Å²) in [6, 6.07) is 13.1. The van der Waals surface area contributed by atoms with Crippen LogP contribution < -0.4 is 16.6 Å². The molecule has 1 heterocycles. The molecular weight excluding hydrogens is 497 g/mol. The van der Waals surface area contributed by atoms with Gasteiger partial charge in [0.15, 0.2) is 5.78 Å². The Labute approximate surface area is 227 Å². The summed E-state index contributed by atoms with van der Waals surface area (Å²) in [5.41, 5.74) is 7.98. The van der Waals surface area contributed by atoms with Crippen LogP contribution in [0.5, 0.6) is 0 Å². The zero-order chi connectivity index (χ0) is 28.1. The number of pyridine rings is 1. The first kappa shape index (κ1) is 28.2. The second-order valence-electron chi connectivity index (χ2n) is 10.8. The summed E-state index contributed by atoms with van der Waals surface area (Å²) >= 11 is 0. The van der Waals surface area contributed by atoms with Gasteiger partial charge in [-0.3, -0.25) is 19.0 Å². The SMILES string of the molecule is Cc1cc(C(=O)c2ccc(=O)n(-c3ccc(CNC(CC(C)CC4CCCC4)C(=O)O)cc3)c2N)ccc1F. The Morgan fingerprint density at radius 2 is 1.79 bits per heavy atom. The van der Waals surface area contributed by atoms with Crippen LogP contribution >= 0.6 is 0 Å². The average molecular weight is 534 g/mol. The topological polar surface area (TPSA) is 114 Å². The highest BCUT2D eigenvalue weighted by Gasteiger charge is 2.24. The molecule has 2 atom stereocenters. The standard InChI is InChI=1S/C31H36FN3O4/c1-19(15-21-5-3-4-6-21)16-27(31(38)39)34-18-22-7-10-24(11-8-22)35-28(36)14-12-25(30(35)33)29(37)23-9-13-26(32)20(2)17-23/h7-14,17,19,21,27,34H,3-6,15-16,18,33H2,1-2H3,(H,38,39). The van der Waals surface area contributed by atoms with E-state index in [-0.39, 0.29) is 16.9 Å². The molecule has 2 aromatic carbocycles. The van der Waals surface area contributed by atoms with Gasteiger partial charge in [-0.05, 0) is 79.1 Å². The lowest BCUT2D eigenvalue weighted by molar-refractivity contribution is -0.140. The zero-order valence-electron chi connectivity index (χ0n) is 22.5. The Morgan fingerprint density at radius 1 is 1.10 bits per heavy atom. The molecule has 1 fully saturated rings. The van der Waals surface area contributed by atoms with Crippen LogP contribution in [0.25, 0.3) is 5.69 Å². The number of carboxylic acid groups (broad SMARTS) is 1. The molecule has 206 valence electrons. The largest absolute Gasteiger partial charge is 0.480 e. The summed E-state index contributed by atoms with van der Waals surface area (Å²) in [6.45, 7) is 4.06. The lowest BCUT2D eigenvalue weighted by atomic mass is 9.90. The van der Waals surface area contributed by atoms with Gasteiger partial charge in [-0.25, -0.2) is 4.39 Å². The Bertz CT molecular complexity index is 1390. The minimum atomic E-state index is -0.859. The molecule has 1 aromatic heterocycles. The van der Waals surface area contributed by atoms with Crippen LogP contribution in [0.15, 0.2) is 59.4 Å². The number of halogens is 1. The molecule has 39 heavy (non-hydrogen) atoms. The lowest BCUT2D eigenvalue weighted by Crippen LogP contribution is -2.37. The molecule has 2 unspecified atom stereocenters. The fourth-order valence-corrected chi connectivity index (χ4v) is 5.54. The van der Waals surface area contributed by atoms with Crippen LogP contribution in [0.1, 0.15) is 72.5 Å². The number of hydrogen-bond acceptors (Lipinski definition) is 5. The van der Waals surface area contributed by atoms with Gasteiger partial charge in [-0.2, -0.15) is 0 Å². The summed E-state index contributed by atoms with van der Waals surface area (Å²) < 4.78 is 14.9. The second-order valence-corrected chi connectivity index (χ2v) is 10.8. The van der Waals surface area contributed by atoms with Gasteiger partial charge in [0.25, 0.3) is 5.56 Å². The number of nitrogens with zero attached hydrogens (tertiary/aromatic N) is 1. The van der Waals surface area contributed by atoms with E-state index in [0.29, 0.717) is 36.1 Å². The predicted molar refractivity (Wildman–Crippen MR) is 150 cm³/mol. The Balaban J connectivity index is 1.46. The third kappa shape index (κ3) is 6.81. The maximum Gasteiger partial charge on any atom is 0.320 e. The summed E-state index contributed by atoms with van der Waals surface area (Å²) in [7, 11) is 0. The number of carboxylic acids is 1. The molecule has 1 saturated carbocycles. The summed E-state index contributed by atoms with van der Waals surface area (Å²) in [5.74, 6) is -0.650. The third-order valence-electron chi connectivity index (χ3n) is 7.69. The van der Waals surface area contributed by atoms with Crippen molar-refractivity contribution in [2.75, 3.05) is 5.73 Å². The van der Waals surface area contributed by atoms with Crippen LogP contribution in [0.3, 0.4) is 0 Å². The van der Waals surface area contributed by atoms with Crippen molar-refractivity contribution in [2.24, 2.45) is 11.8 Å². The van der Waals surface area contributed by atoms with Crippen molar-refractivity contribution in [3.05, 3.63) is 93.0 Å². The number of rotatable bonds is 11. The fraction of sp³-hybridized carbons (Fsp3) is 0.387. The minimum absolute atomic E-state index is 0.0115. The van der Waals surface area contributed by atoms with Crippen molar-refractivity contribution in [3.8, 4) is 5.69 Å². The third-order valence-corrected chi connectivity index (χ3v) is 7.69. The molecule has 1 aliphatic rings. The molecule has 3 aromatic rings. The van der Waals surface area contributed by atoms with Gasteiger partial charge in [0.1, 0.15) is 17.7 Å². The maximum atomic E-state index is 13.7. The van der Waals surface area contributed by atoms with Gasteiger partial charge in [-0.15, -0.1) is 0 Å². The predicted octanol–water partition coefficient (Wildman–Crippen LogP) is 5.25. The number of ketones is 1. The summed E-state index contributed by atoms with van der Waals surface area (Å²) in [4.78, 5) is 37.7. The van der Waals surface area contributed by atoms with Crippen molar-refractivity contribution in [2.45, 2.75) is 65.0 Å². The van der Waals surface area contributed by atoms with E-state index in [1.807, 2.05) is 0 Å². The number of carbonyl (C=O) groups is 2. The van der Waals surface area contributed by atoms with E-state index in [2.05, 4.69) is 12.2 Å². The molecule has 7 nitrogen and oxygen atoms in total. The van der Waals surface area contributed by atoms with Gasteiger partial charge < -0.3 is 16.2 Å². The molecule has 0 bridgehead atoms. The van der Waals surface area contributed by atoms with Gasteiger partial charge in [-0.1, -0.05) is 44.7 Å². The molecule has 4 rings (SSSR count). The first-order valence-corrected chi connectivity index (χ1v) is 13.5. The Morgan fingerprint density at radius 3 is 2.44 bits per heavy atom. The number of aliphatic carboxylic acids is 1. The van der Waals surface area contributed by atoms with E-state index >= 15 is 0 Å². The monoisotopic (exact) mass is 533 g/mol. The van der Waals surface area contributed by atoms with Crippen LogP contribution in [-0.2, 0) is 11.3 Å². The molecular formula is C31H36FN3O4. The quantitative estimate of drug-likeness (QED) is 0.290. The van der Waals surface area contributed by atoms with Gasteiger partial charge in [0.05, 0.1) is 11.3 Å². The normalized spacial score (nSPS) is 15.3. The first-order chi connectivity index (χ1) is 18.6. The van der Waals surface area contributed by atoms with E-state index in [0.717, 1.165) is 12.0 Å². The highest BCUT2D eigenvalue weighted by molar-refractivity contribution is 6.11. The average Bonchev–Trinajstić information content (AvgIpc) is 3.41. The lowest BCUT2D eigenvalue weighted by Gasteiger charge is -2.21. The van der Waals surface area contributed by atoms with Crippen LogP contribution in [0, 0.1) is 24.6 Å². The van der Waals surface area contributed by atoms with Crippen molar-refractivity contribution < 1.29 is 19.1 Å². The van der Waals surface area contributed by atoms with Crippen molar-refractivity contribution in [1.29, 1.82) is 0 Å². The smallest absolute Gasteiger partial charge is 0.320 e.